The molecule has 1 aromatic heterocycles. The Hall–Kier alpha value is -1.35. The van der Waals surface area contributed by atoms with Gasteiger partial charge >= 0.3 is 0 Å². The molecular formula is C12H15N3. The largest absolute Gasteiger partial charge is 0.326 e. The number of rotatable bonds is 3. The zero-order chi connectivity index (χ0) is 10.3. The summed E-state index contributed by atoms with van der Waals surface area (Å²) in [6.45, 7) is 0.845. The molecule has 1 aromatic carbocycles. The van der Waals surface area contributed by atoms with Gasteiger partial charge in [0.1, 0.15) is 0 Å². The molecule has 0 amide bonds. The minimum absolute atomic E-state index is 0.272. The molecule has 0 spiro atoms. The van der Waals surface area contributed by atoms with Gasteiger partial charge in [-0.05, 0) is 24.8 Å². The van der Waals surface area contributed by atoms with E-state index in [0.29, 0.717) is 0 Å². The van der Waals surface area contributed by atoms with Crippen molar-refractivity contribution in [1.29, 1.82) is 0 Å². The predicted molar refractivity (Wildman–Crippen MR) is 60.4 cm³/mol. The van der Waals surface area contributed by atoms with Gasteiger partial charge in [-0.1, -0.05) is 18.2 Å². The lowest BCUT2D eigenvalue weighted by Gasteiger charge is -2.10. The first-order chi connectivity index (χ1) is 7.34. The summed E-state index contributed by atoms with van der Waals surface area (Å²) in [6.07, 6.45) is 4.50. The molecule has 2 N–H and O–H groups in total. The summed E-state index contributed by atoms with van der Waals surface area (Å²) in [5, 5.41) is 5.58. The van der Waals surface area contributed by atoms with Crippen molar-refractivity contribution in [3.05, 3.63) is 30.5 Å². The van der Waals surface area contributed by atoms with E-state index in [1.807, 2.05) is 23.0 Å². The standard InChI is InChI=1S/C12H15N3/c13-11(9-5-6-9)8-15-12-4-2-1-3-10(12)7-14-15/h1-4,7,9,11H,5-6,8,13H2. The van der Waals surface area contributed by atoms with E-state index in [1.165, 1.54) is 23.7 Å². The fraction of sp³-hybridized carbons (Fsp3) is 0.417. The highest BCUT2D eigenvalue weighted by Gasteiger charge is 2.28. The number of hydrogen-bond acceptors (Lipinski definition) is 2. The molecule has 1 aliphatic rings. The minimum atomic E-state index is 0.272. The average molecular weight is 201 g/mol. The number of nitrogens with two attached hydrogens (primary N) is 1. The predicted octanol–water partition coefficient (Wildman–Crippen LogP) is 1.77. The van der Waals surface area contributed by atoms with E-state index in [9.17, 15) is 0 Å². The quantitative estimate of drug-likeness (QED) is 0.822. The van der Waals surface area contributed by atoms with Crippen LogP contribution in [-0.4, -0.2) is 15.8 Å². The molecule has 3 rings (SSSR count). The Morgan fingerprint density at radius 3 is 3.00 bits per heavy atom. The Morgan fingerprint density at radius 1 is 1.40 bits per heavy atom. The molecule has 78 valence electrons. The van der Waals surface area contributed by atoms with Crippen molar-refractivity contribution in [1.82, 2.24) is 9.78 Å². The second-order valence-electron chi connectivity index (χ2n) is 4.39. The molecular weight excluding hydrogens is 186 g/mol. The molecule has 1 fully saturated rings. The van der Waals surface area contributed by atoms with E-state index < -0.39 is 0 Å². The molecule has 15 heavy (non-hydrogen) atoms. The lowest BCUT2D eigenvalue weighted by Crippen LogP contribution is -2.28. The van der Waals surface area contributed by atoms with Gasteiger partial charge in [0.15, 0.2) is 0 Å². The molecule has 0 radical (unpaired) electrons. The van der Waals surface area contributed by atoms with E-state index in [1.54, 1.807) is 0 Å². The number of para-hydroxylation sites is 1. The van der Waals surface area contributed by atoms with Gasteiger partial charge < -0.3 is 5.73 Å². The van der Waals surface area contributed by atoms with Gasteiger partial charge in [0, 0.05) is 11.4 Å². The lowest BCUT2D eigenvalue weighted by atomic mass is 10.2. The van der Waals surface area contributed by atoms with Crippen molar-refractivity contribution in [3.8, 4) is 0 Å². The highest BCUT2D eigenvalue weighted by molar-refractivity contribution is 5.78. The van der Waals surface area contributed by atoms with Crippen LogP contribution < -0.4 is 5.73 Å². The Labute approximate surface area is 88.9 Å². The zero-order valence-corrected chi connectivity index (χ0v) is 8.63. The number of nitrogens with zero attached hydrogens (tertiary/aromatic N) is 2. The summed E-state index contributed by atoms with van der Waals surface area (Å²) < 4.78 is 2.03. The van der Waals surface area contributed by atoms with Crippen LogP contribution in [0.4, 0.5) is 0 Å². The van der Waals surface area contributed by atoms with Crippen LogP contribution in [0, 0.1) is 5.92 Å². The minimum Gasteiger partial charge on any atom is -0.326 e. The topological polar surface area (TPSA) is 43.8 Å². The fourth-order valence-corrected chi connectivity index (χ4v) is 2.04. The van der Waals surface area contributed by atoms with Crippen LogP contribution in [0.5, 0.6) is 0 Å². The lowest BCUT2D eigenvalue weighted by molar-refractivity contribution is 0.480. The summed E-state index contributed by atoms with van der Waals surface area (Å²) in [4.78, 5) is 0. The van der Waals surface area contributed by atoms with Crippen LogP contribution in [0.1, 0.15) is 12.8 Å². The summed E-state index contributed by atoms with van der Waals surface area (Å²) in [5.41, 5.74) is 7.29. The van der Waals surface area contributed by atoms with Crippen molar-refractivity contribution in [2.45, 2.75) is 25.4 Å². The summed E-state index contributed by atoms with van der Waals surface area (Å²) in [5.74, 6) is 0.730. The van der Waals surface area contributed by atoms with E-state index in [-0.39, 0.29) is 6.04 Å². The van der Waals surface area contributed by atoms with Crippen molar-refractivity contribution in [2.24, 2.45) is 11.7 Å². The molecule has 1 saturated carbocycles. The Morgan fingerprint density at radius 2 is 2.20 bits per heavy atom. The van der Waals surface area contributed by atoms with Crippen LogP contribution in [0.2, 0.25) is 0 Å². The second kappa shape index (κ2) is 3.35. The molecule has 1 unspecified atom stereocenters. The van der Waals surface area contributed by atoms with Crippen molar-refractivity contribution in [2.75, 3.05) is 0 Å². The van der Waals surface area contributed by atoms with Crippen LogP contribution in [0.15, 0.2) is 30.5 Å². The van der Waals surface area contributed by atoms with Crippen molar-refractivity contribution in [3.63, 3.8) is 0 Å². The maximum atomic E-state index is 6.10. The van der Waals surface area contributed by atoms with Gasteiger partial charge in [0.2, 0.25) is 0 Å². The Kier molecular flexibility index (Phi) is 1.99. The highest BCUT2D eigenvalue weighted by Crippen LogP contribution is 2.32. The van der Waals surface area contributed by atoms with Crippen LogP contribution >= 0.6 is 0 Å². The van der Waals surface area contributed by atoms with Crippen molar-refractivity contribution < 1.29 is 0 Å². The number of aromatic nitrogens is 2. The maximum absolute atomic E-state index is 6.10. The van der Waals surface area contributed by atoms with Gasteiger partial charge in [-0.2, -0.15) is 5.10 Å². The van der Waals surface area contributed by atoms with Crippen LogP contribution in [-0.2, 0) is 6.54 Å². The summed E-state index contributed by atoms with van der Waals surface area (Å²) >= 11 is 0. The number of benzene rings is 1. The normalized spacial score (nSPS) is 18.2. The Bertz CT molecular complexity index is 470. The smallest absolute Gasteiger partial charge is 0.0683 e. The first-order valence-corrected chi connectivity index (χ1v) is 5.51. The third-order valence-corrected chi connectivity index (χ3v) is 3.16. The van der Waals surface area contributed by atoms with Gasteiger partial charge in [-0.15, -0.1) is 0 Å². The Balaban J connectivity index is 1.90. The number of fused-ring (bicyclic) bond motifs is 1. The molecule has 1 aliphatic carbocycles. The SMILES string of the molecule is NC(Cn1ncc2ccccc21)C1CC1. The van der Waals surface area contributed by atoms with E-state index >= 15 is 0 Å². The molecule has 0 aliphatic heterocycles. The highest BCUT2D eigenvalue weighted by atomic mass is 15.3. The first-order valence-electron chi connectivity index (χ1n) is 5.51. The monoisotopic (exact) mass is 201 g/mol. The van der Waals surface area contributed by atoms with Gasteiger partial charge in [0.05, 0.1) is 18.3 Å². The van der Waals surface area contributed by atoms with Crippen LogP contribution in [0.25, 0.3) is 10.9 Å². The van der Waals surface area contributed by atoms with E-state index in [0.717, 1.165) is 12.5 Å². The third-order valence-electron chi connectivity index (χ3n) is 3.16. The molecule has 0 bridgehead atoms. The maximum Gasteiger partial charge on any atom is 0.0683 e. The average Bonchev–Trinajstić information content (AvgIpc) is 3.03. The van der Waals surface area contributed by atoms with Gasteiger partial charge in [-0.25, -0.2) is 0 Å². The summed E-state index contributed by atoms with van der Waals surface area (Å²) in [6, 6.07) is 8.54. The summed E-state index contributed by atoms with van der Waals surface area (Å²) in [7, 11) is 0. The zero-order valence-electron chi connectivity index (χ0n) is 8.63. The van der Waals surface area contributed by atoms with Crippen molar-refractivity contribution >= 4 is 10.9 Å². The fourth-order valence-electron chi connectivity index (χ4n) is 2.04. The number of hydrogen-bond donors (Lipinski definition) is 1. The first kappa shape index (κ1) is 8.92. The molecule has 0 saturated heterocycles. The van der Waals surface area contributed by atoms with Crippen LogP contribution in [0.3, 0.4) is 0 Å². The molecule has 1 atom stereocenters. The molecule has 3 nitrogen and oxygen atoms in total. The van der Waals surface area contributed by atoms with Gasteiger partial charge in [-0.3, -0.25) is 4.68 Å². The second-order valence-corrected chi connectivity index (χ2v) is 4.39. The molecule has 1 heterocycles. The molecule has 3 heteroatoms. The van der Waals surface area contributed by atoms with E-state index in [4.69, 9.17) is 5.73 Å². The van der Waals surface area contributed by atoms with Gasteiger partial charge in [0.25, 0.3) is 0 Å². The third kappa shape index (κ3) is 1.63. The van der Waals surface area contributed by atoms with E-state index in [2.05, 4.69) is 17.2 Å². The molecule has 2 aromatic rings.